The fourth-order valence-electron chi connectivity index (χ4n) is 2.24. The first kappa shape index (κ1) is 23.8. The van der Waals surface area contributed by atoms with Crippen LogP contribution < -0.4 is 0 Å². The standard InChI is InChI=1S/C17H8Br2F7NOS/c18-11-6-13(19)12(5-9-1-3-10(8-27)4-2-9)14(7-11)29(28)17(25,26)15(20,21)16(22,23)24/h1-4,6-7H,5H2. The number of nitriles is 1. The van der Waals surface area contributed by atoms with E-state index in [9.17, 15) is 34.9 Å². The van der Waals surface area contributed by atoms with Gasteiger partial charge in [-0.3, -0.25) is 0 Å². The molecule has 12 heteroatoms. The van der Waals surface area contributed by atoms with E-state index in [1.165, 1.54) is 30.3 Å². The van der Waals surface area contributed by atoms with Gasteiger partial charge in [0.25, 0.3) is 0 Å². The highest BCUT2D eigenvalue weighted by Gasteiger charge is 2.76. The second-order valence-corrected chi connectivity index (χ2v) is 8.97. The zero-order valence-electron chi connectivity index (χ0n) is 13.8. The quantitative estimate of drug-likeness (QED) is 0.384. The van der Waals surface area contributed by atoms with Crippen molar-refractivity contribution in [3.63, 3.8) is 0 Å². The van der Waals surface area contributed by atoms with Crippen molar-refractivity contribution >= 4 is 42.7 Å². The summed E-state index contributed by atoms with van der Waals surface area (Å²) in [5.74, 6) is -6.51. The predicted octanol–water partition coefficient (Wildman–Crippen LogP) is 6.57. The highest BCUT2D eigenvalue weighted by Crippen LogP contribution is 2.50. The lowest BCUT2D eigenvalue weighted by atomic mass is 10.0. The second-order valence-electron chi connectivity index (χ2n) is 5.71. The molecule has 0 aliphatic carbocycles. The van der Waals surface area contributed by atoms with Crippen molar-refractivity contribution in [3.05, 3.63) is 62.0 Å². The lowest BCUT2D eigenvalue weighted by Gasteiger charge is -2.28. The summed E-state index contributed by atoms with van der Waals surface area (Å²) in [6.07, 6.45) is -6.81. The van der Waals surface area contributed by atoms with E-state index in [0.29, 0.717) is 11.1 Å². The number of halogens is 9. The van der Waals surface area contributed by atoms with Crippen LogP contribution in [0.3, 0.4) is 0 Å². The zero-order chi connectivity index (χ0) is 22.2. The summed E-state index contributed by atoms with van der Waals surface area (Å²) in [5.41, 5.74) is 0.564. The molecule has 0 heterocycles. The number of hydrogen-bond acceptors (Lipinski definition) is 2. The van der Waals surface area contributed by atoms with Crippen LogP contribution in [0.1, 0.15) is 16.7 Å². The molecule has 2 rings (SSSR count). The van der Waals surface area contributed by atoms with Gasteiger partial charge in [-0.1, -0.05) is 44.0 Å². The molecule has 2 aromatic rings. The van der Waals surface area contributed by atoms with Crippen LogP contribution in [0.15, 0.2) is 50.2 Å². The van der Waals surface area contributed by atoms with Gasteiger partial charge in [0.15, 0.2) is 0 Å². The summed E-state index contributed by atoms with van der Waals surface area (Å²) in [6.45, 7) is 0. The molecule has 0 fully saturated rings. The van der Waals surface area contributed by atoms with Crippen LogP contribution in [0.2, 0.25) is 0 Å². The number of benzene rings is 2. The van der Waals surface area contributed by atoms with Gasteiger partial charge in [0.1, 0.15) is 10.8 Å². The molecule has 0 bridgehead atoms. The molecule has 2 aromatic carbocycles. The van der Waals surface area contributed by atoms with Crippen molar-refractivity contribution in [2.75, 3.05) is 0 Å². The Morgan fingerprint density at radius 3 is 2.00 bits per heavy atom. The molecule has 2 nitrogen and oxygen atoms in total. The van der Waals surface area contributed by atoms with Crippen molar-refractivity contribution in [1.29, 1.82) is 5.26 Å². The molecule has 0 amide bonds. The number of hydrogen-bond donors (Lipinski definition) is 0. The molecule has 0 aliphatic heterocycles. The van der Waals surface area contributed by atoms with E-state index < -0.39 is 33.0 Å². The van der Waals surface area contributed by atoms with Gasteiger partial charge in [0.05, 0.1) is 16.5 Å². The number of rotatable bonds is 5. The summed E-state index contributed by atoms with van der Waals surface area (Å²) >= 11 is 5.96. The van der Waals surface area contributed by atoms with Gasteiger partial charge >= 0.3 is 17.4 Å². The molecule has 0 saturated heterocycles. The molecular weight excluding hydrogens is 559 g/mol. The van der Waals surface area contributed by atoms with Crippen LogP contribution >= 0.6 is 31.9 Å². The lowest BCUT2D eigenvalue weighted by molar-refractivity contribution is -0.331. The molecular formula is C17H8Br2F7NOS. The van der Waals surface area contributed by atoms with E-state index in [1.54, 1.807) is 0 Å². The van der Waals surface area contributed by atoms with Crippen molar-refractivity contribution < 1.29 is 34.9 Å². The Hall–Kier alpha value is -1.45. The van der Waals surface area contributed by atoms with Crippen LogP contribution in [0.5, 0.6) is 0 Å². The van der Waals surface area contributed by atoms with Crippen molar-refractivity contribution in [2.45, 2.75) is 28.7 Å². The average molecular weight is 567 g/mol. The molecule has 0 spiro atoms. The van der Waals surface area contributed by atoms with Gasteiger partial charge in [-0.25, -0.2) is 4.21 Å². The normalized spacial score (nSPS) is 13.8. The highest BCUT2D eigenvalue weighted by atomic mass is 79.9. The first-order valence-corrected chi connectivity index (χ1v) is 10.2. The summed E-state index contributed by atoms with van der Waals surface area (Å²) in [5, 5.41) is 2.88. The van der Waals surface area contributed by atoms with Crippen LogP contribution in [0.4, 0.5) is 30.7 Å². The van der Waals surface area contributed by atoms with Gasteiger partial charge in [0, 0.05) is 8.95 Å². The molecule has 0 saturated carbocycles. The van der Waals surface area contributed by atoms with E-state index in [-0.39, 0.29) is 20.9 Å². The smallest absolute Gasteiger partial charge is 0.248 e. The van der Waals surface area contributed by atoms with E-state index in [0.717, 1.165) is 6.07 Å². The third kappa shape index (κ3) is 4.67. The van der Waals surface area contributed by atoms with Gasteiger partial charge in [-0.15, -0.1) is 0 Å². The molecule has 0 radical (unpaired) electrons. The van der Waals surface area contributed by atoms with Gasteiger partial charge in [0.2, 0.25) is 0 Å². The third-order valence-corrected chi connectivity index (χ3v) is 6.39. The SMILES string of the molecule is N#Cc1ccc(Cc2c(Br)cc(Br)cc2S(=O)C(F)(F)C(F)(F)C(F)(F)F)cc1. The topological polar surface area (TPSA) is 40.9 Å². The van der Waals surface area contributed by atoms with Gasteiger partial charge in [-0.2, -0.15) is 36.0 Å². The van der Waals surface area contributed by atoms with Crippen LogP contribution in [-0.4, -0.2) is 21.6 Å². The largest absolute Gasteiger partial charge is 0.461 e. The Balaban J connectivity index is 2.57. The first-order chi connectivity index (χ1) is 13.2. The Bertz CT molecular complexity index is 985. The maximum Gasteiger partial charge on any atom is 0.461 e. The van der Waals surface area contributed by atoms with Gasteiger partial charge < -0.3 is 0 Å². The number of alkyl halides is 7. The molecule has 0 aliphatic rings. The molecule has 1 atom stereocenters. The van der Waals surface area contributed by atoms with E-state index >= 15 is 0 Å². The molecule has 0 aromatic heterocycles. The summed E-state index contributed by atoms with van der Waals surface area (Å²) in [6, 6.07) is 9.73. The number of nitrogens with zero attached hydrogens (tertiary/aromatic N) is 1. The van der Waals surface area contributed by atoms with E-state index in [4.69, 9.17) is 5.26 Å². The fourth-order valence-corrected chi connectivity index (χ4v) is 5.15. The first-order valence-electron chi connectivity index (χ1n) is 7.43. The Morgan fingerprint density at radius 1 is 0.966 bits per heavy atom. The predicted molar refractivity (Wildman–Crippen MR) is 98.2 cm³/mol. The minimum Gasteiger partial charge on any atom is -0.248 e. The maximum atomic E-state index is 14.0. The minimum atomic E-state index is -6.59. The average Bonchev–Trinajstić information content (AvgIpc) is 2.62. The highest BCUT2D eigenvalue weighted by molar-refractivity contribution is 9.11. The second kappa shape index (κ2) is 8.35. The molecule has 0 N–H and O–H groups in total. The maximum absolute atomic E-state index is 14.0. The Morgan fingerprint density at radius 2 is 1.52 bits per heavy atom. The minimum absolute atomic E-state index is 0.0439. The van der Waals surface area contributed by atoms with E-state index in [1.807, 2.05) is 6.07 Å². The van der Waals surface area contributed by atoms with Gasteiger partial charge in [-0.05, 0) is 41.8 Å². The van der Waals surface area contributed by atoms with Crippen molar-refractivity contribution in [1.82, 2.24) is 0 Å². The van der Waals surface area contributed by atoms with Crippen LogP contribution in [0, 0.1) is 11.3 Å². The van der Waals surface area contributed by atoms with Crippen molar-refractivity contribution in [3.8, 4) is 6.07 Å². The van der Waals surface area contributed by atoms with Crippen LogP contribution in [-0.2, 0) is 17.2 Å². The fraction of sp³-hybridized carbons (Fsp3) is 0.235. The monoisotopic (exact) mass is 565 g/mol. The molecule has 1 unspecified atom stereocenters. The third-order valence-electron chi connectivity index (χ3n) is 3.74. The Labute approximate surface area is 179 Å². The summed E-state index contributed by atoms with van der Waals surface area (Å²) < 4.78 is 105. The molecule has 156 valence electrons. The lowest BCUT2D eigenvalue weighted by Crippen LogP contribution is -2.54. The Kier molecular flexibility index (Phi) is 6.86. The molecule has 29 heavy (non-hydrogen) atoms. The van der Waals surface area contributed by atoms with Crippen molar-refractivity contribution in [2.24, 2.45) is 0 Å². The zero-order valence-corrected chi connectivity index (χ0v) is 17.8. The van der Waals surface area contributed by atoms with Crippen LogP contribution in [0.25, 0.3) is 0 Å². The summed E-state index contributed by atoms with van der Waals surface area (Å²) in [7, 11) is -4.04. The summed E-state index contributed by atoms with van der Waals surface area (Å²) in [4.78, 5) is -0.885. The van der Waals surface area contributed by atoms with E-state index in [2.05, 4.69) is 31.9 Å².